The highest BCUT2D eigenvalue weighted by Gasteiger charge is 2.53. The molecule has 1 saturated carbocycles. The highest BCUT2D eigenvalue weighted by molar-refractivity contribution is 7.90. The van der Waals surface area contributed by atoms with Gasteiger partial charge in [-0.3, -0.25) is 0 Å². The van der Waals surface area contributed by atoms with Gasteiger partial charge in [-0.25, -0.2) is 9.97 Å². The highest BCUT2D eigenvalue weighted by atomic mass is 32.2. The quantitative estimate of drug-likeness (QED) is 0.422. The number of anilines is 2. The van der Waals surface area contributed by atoms with E-state index in [0.29, 0.717) is 41.2 Å². The Morgan fingerprint density at radius 3 is 2.41 bits per heavy atom. The molecule has 0 N–H and O–H groups in total. The predicted octanol–water partition coefficient (Wildman–Crippen LogP) is 2.02. The molecule has 2 radical (unpaired) electrons. The molecule has 10 heteroatoms. The van der Waals surface area contributed by atoms with E-state index in [1.807, 2.05) is 13.0 Å². The fourth-order valence-corrected chi connectivity index (χ4v) is 6.11. The number of aryl methyl sites for hydroxylation is 1. The maximum Gasteiger partial charge on any atom is 0.283 e. The SMILES string of the molecule is [B]c1cccc2c1c(N1CCN(c3ncccn3)CC13CC3)nn2S(=O)(=O)c1ccc(C)cc1. The van der Waals surface area contributed by atoms with E-state index in [9.17, 15) is 8.42 Å². The van der Waals surface area contributed by atoms with E-state index in [1.165, 1.54) is 0 Å². The molecular formula is C24H23BN6O2S. The number of piperazine rings is 1. The highest BCUT2D eigenvalue weighted by Crippen LogP contribution is 2.47. The normalized spacial score (nSPS) is 17.4. The van der Waals surface area contributed by atoms with E-state index >= 15 is 0 Å². The Labute approximate surface area is 199 Å². The van der Waals surface area contributed by atoms with Crippen LogP contribution >= 0.6 is 0 Å². The molecule has 2 aromatic carbocycles. The summed E-state index contributed by atoms with van der Waals surface area (Å²) in [5.41, 5.74) is 1.85. The van der Waals surface area contributed by atoms with Gasteiger partial charge in [0, 0.05) is 37.4 Å². The summed E-state index contributed by atoms with van der Waals surface area (Å²) in [6.07, 6.45) is 5.48. The molecule has 4 aromatic rings. The minimum Gasteiger partial charge on any atom is -0.345 e. The summed E-state index contributed by atoms with van der Waals surface area (Å²) in [6, 6.07) is 13.9. The second kappa shape index (κ2) is 7.56. The second-order valence-electron chi connectivity index (χ2n) is 9.07. The van der Waals surface area contributed by atoms with Crippen LogP contribution in [0.5, 0.6) is 0 Å². The molecule has 0 amide bonds. The first-order chi connectivity index (χ1) is 16.4. The largest absolute Gasteiger partial charge is 0.345 e. The van der Waals surface area contributed by atoms with Crippen LogP contribution in [-0.4, -0.2) is 60.6 Å². The molecule has 8 nitrogen and oxygen atoms in total. The third-order valence-corrected chi connectivity index (χ3v) is 8.41. The van der Waals surface area contributed by atoms with Crippen LogP contribution in [0, 0.1) is 6.92 Å². The summed E-state index contributed by atoms with van der Waals surface area (Å²) in [5, 5.41) is 5.38. The van der Waals surface area contributed by atoms with Crippen molar-refractivity contribution >= 4 is 46.0 Å². The maximum atomic E-state index is 13.6. The number of fused-ring (bicyclic) bond motifs is 1. The Hall–Kier alpha value is -3.40. The molecule has 2 aromatic heterocycles. The molecule has 0 atom stereocenters. The van der Waals surface area contributed by atoms with Crippen LogP contribution in [0.15, 0.2) is 65.8 Å². The molecule has 1 spiro atoms. The Balaban J connectivity index is 1.45. The van der Waals surface area contributed by atoms with Gasteiger partial charge in [0.2, 0.25) is 5.95 Å². The summed E-state index contributed by atoms with van der Waals surface area (Å²) in [4.78, 5) is 13.5. The smallest absolute Gasteiger partial charge is 0.283 e. The molecule has 170 valence electrons. The molecular weight excluding hydrogens is 447 g/mol. The first kappa shape index (κ1) is 21.2. The van der Waals surface area contributed by atoms with Crippen molar-refractivity contribution in [3.05, 3.63) is 66.5 Å². The Morgan fingerprint density at radius 1 is 0.971 bits per heavy atom. The molecule has 3 heterocycles. The molecule has 0 bridgehead atoms. The van der Waals surface area contributed by atoms with E-state index in [2.05, 4.69) is 19.8 Å². The first-order valence-corrected chi connectivity index (χ1v) is 12.7. The average Bonchev–Trinajstić information content (AvgIpc) is 3.48. The van der Waals surface area contributed by atoms with Crippen LogP contribution < -0.4 is 15.3 Å². The zero-order chi connectivity index (χ0) is 23.5. The minimum absolute atomic E-state index is 0.139. The van der Waals surface area contributed by atoms with Gasteiger partial charge in [0.25, 0.3) is 10.0 Å². The van der Waals surface area contributed by atoms with Crippen molar-refractivity contribution in [2.75, 3.05) is 29.4 Å². The zero-order valence-corrected chi connectivity index (χ0v) is 19.6. The lowest BCUT2D eigenvalue weighted by Gasteiger charge is -2.42. The fourth-order valence-electron chi connectivity index (χ4n) is 4.84. The molecule has 0 unspecified atom stereocenters. The van der Waals surface area contributed by atoms with Crippen LogP contribution in [0.25, 0.3) is 10.9 Å². The number of aromatic nitrogens is 4. The Bertz CT molecular complexity index is 1480. The fraction of sp³-hybridized carbons (Fsp3) is 0.292. The van der Waals surface area contributed by atoms with Gasteiger partial charge in [-0.1, -0.05) is 35.3 Å². The summed E-state index contributed by atoms with van der Waals surface area (Å²) >= 11 is 0. The Morgan fingerprint density at radius 2 is 1.71 bits per heavy atom. The van der Waals surface area contributed by atoms with E-state index in [-0.39, 0.29) is 10.4 Å². The first-order valence-electron chi connectivity index (χ1n) is 11.3. The molecule has 1 aliphatic carbocycles. The molecule has 1 aliphatic heterocycles. The molecule has 6 rings (SSSR count). The van der Waals surface area contributed by atoms with Gasteiger partial charge in [0.1, 0.15) is 7.85 Å². The van der Waals surface area contributed by atoms with Gasteiger partial charge >= 0.3 is 0 Å². The molecule has 34 heavy (non-hydrogen) atoms. The number of hydrogen-bond donors (Lipinski definition) is 0. The van der Waals surface area contributed by atoms with Crippen molar-refractivity contribution in [1.29, 1.82) is 0 Å². The van der Waals surface area contributed by atoms with Gasteiger partial charge in [-0.2, -0.15) is 12.5 Å². The van der Waals surface area contributed by atoms with Gasteiger partial charge in [-0.15, -0.1) is 5.10 Å². The van der Waals surface area contributed by atoms with Crippen molar-refractivity contribution in [2.24, 2.45) is 0 Å². The maximum absolute atomic E-state index is 13.6. The van der Waals surface area contributed by atoms with Crippen LogP contribution in [-0.2, 0) is 10.0 Å². The standard InChI is InChI=1S/C24H23BN6O2S/c1-17-6-8-18(9-7-17)34(32,33)31-20-5-2-4-19(25)21(20)22(28-31)30-15-14-29(16-24(30)10-11-24)23-26-12-3-13-27-23/h2-9,12-13H,10-11,14-16H2,1H3. The topological polar surface area (TPSA) is 84.2 Å². The second-order valence-corrected chi connectivity index (χ2v) is 10.8. The van der Waals surface area contributed by atoms with Crippen LogP contribution in [0.4, 0.5) is 11.8 Å². The Kier molecular flexibility index (Phi) is 4.70. The van der Waals surface area contributed by atoms with Crippen LogP contribution in [0.1, 0.15) is 18.4 Å². The van der Waals surface area contributed by atoms with E-state index in [1.54, 1.807) is 54.9 Å². The lowest BCUT2D eigenvalue weighted by Crippen LogP contribution is -2.56. The monoisotopic (exact) mass is 470 g/mol. The average molecular weight is 470 g/mol. The van der Waals surface area contributed by atoms with E-state index in [0.717, 1.165) is 29.0 Å². The van der Waals surface area contributed by atoms with Crippen LogP contribution in [0.2, 0.25) is 0 Å². The minimum atomic E-state index is -3.89. The number of hydrogen-bond acceptors (Lipinski definition) is 7. The molecule has 2 aliphatic rings. The zero-order valence-electron chi connectivity index (χ0n) is 18.8. The summed E-state index contributed by atoms with van der Waals surface area (Å²) in [7, 11) is 2.51. The van der Waals surface area contributed by atoms with Crippen molar-refractivity contribution < 1.29 is 8.42 Å². The number of rotatable bonds is 4. The number of nitrogens with zero attached hydrogens (tertiary/aromatic N) is 6. The van der Waals surface area contributed by atoms with Crippen molar-refractivity contribution in [1.82, 2.24) is 19.2 Å². The molecule has 1 saturated heterocycles. The predicted molar refractivity (Wildman–Crippen MR) is 132 cm³/mol. The van der Waals surface area contributed by atoms with E-state index < -0.39 is 10.0 Å². The third-order valence-electron chi connectivity index (χ3n) is 6.81. The van der Waals surface area contributed by atoms with E-state index in [4.69, 9.17) is 12.9 Å². The summed E-state index contributed by atoms with van der Waals surface area (Å²) in [5.74, 6) is 1.33. The third kappa shape index (κ3) is 3.27. The van der Waals surface area contributed by atoms with Gasteiger partial charge in [-0.05, 0) is 44.0 Å². The lowest BCUT2D eigenvalue weighted by molar-refractivity contribution is 0.498. The van der Waals surface area contributed by atoms with Gasteiger partial charge < -0.3 is 9.80 Å². The van der Waals surface area contributed by atoms with Gasteiger partial charge in [0.15, 0.2) is 5.82 Å². The number of benzene rings is 2. The van der Waals surface area contributed by atoms with Crippen molar-refractivity contribution in [3.8, 4) is 0 Å². The van der Waals surface area contributed by atoms with Crippen molar-refractivity contribution in [2.45, 2.75) is 30.2 Å². The summed E-state index contributed by atoms with van der Waals surface area (Å²) < 4.78 is 28.3. The van der Waals surface area contributed by atoms with Gasteiger partial charge in [0.05, 0.1) is 16.0 Å². The summed E-state index contributed by atoms with van der Waals surface area (Å²) in [6.45, 7) is 4.05. The van der Waals surface area contributed by atoms with Crippen LogP contribution in [0.3, 0.4) is 0 Å². The molecule has 2 fully saturated rings. The lowest BCUT2D eigenvalue weighted by atomic mass is 9.92. The van der Waals surface area contributed by atoms with Crippen molar-refractivity contribution in [3.63, 3.8) is 0 Å².